The number of hydrogen-bond donors (Lipinski definition) is 0. The van der Waals surface area contributed by atoms with Gasteiger partial charge in [0.2, 0.25) is 0 Å². The molecule has 0 amide bonds. The van der Waals surface area contributed by atoms with Crippen molar-refractivity contribution in [3.8, 4) is 0 Å². The lowest BCUT2D eigenvalue weighted by Crippen LogP contribution is -2.38. The Labute approximate surface area is 152 Å². The lowest BCUT2D eigenvalue weighted by atomic mass is 10.0. The Morgan fingerprint density at radius 2 is 1.08 bits per heavy atom. The summed E-state index contributed by atoms with van der Waals surface area (Å²) in [5.41, 5.74) is 0. The SMILES string of the molecule is CCCCCCCCCCCCCCC1N(CC)C=CN1CCC. The van der Waals surface area contributed by atoms with Crippen LogP contribution >= 0.6 is 0 Å². The lowest BCUT2D eigenvalue weighted by molar-refractivity contribution is 0.144. The van der Waals surface area contributed by atoms with Gasteiger partial charge in [0.05, 0.1) is 0 Å². The topological polar surface area (TPSA) is 6.48 Å². The van der Waals surface area contributed by atoms with Gasteiger partial charge in [-0.25, -0.2) is 0 Å². The van der Waals surface area contributed by atoms with E-state index in [1.54, 1.807) is 0 Å². The Kier molecular flexibility index (Phi) is 13.1. The van der Waals surface area contributed by atoms with E-state index in [0.717, 1.165) is 6.54 Å². The van der Waals surface area contributed by atoms with Crippen LogP contribution in [0.25, 0.3) is 0 Å². The molecule has 1 atom stereocenters. The number of hydrogen-bond acceptors (Lipinski definition) is 2. The van der Waals surface area contributed by atoms with Crippen molar-refractivity contribution in [1.82, 2.24) is 9.80 Å². The van der Waals surface area contributed by atoms with Crippen molar-refractivity contribution in [3.05, 3.63) is 12.4 Å². The molecule has 2 nitrogen and oxygen atoms in total. The van der Waals surface area contributed by atoms with E-state index >= 15 is 0 Å². The molecule has 1 unspecified atom stereocenters. The summed E-state index contributed by atoms with van der Waals surface area (Å²) in [6.07, 6.45) is 25.1. The first-order valence-electron chi connectivity index (χ1n) is 11.0. The van der Waals surface area contributed by atoms with Gasteiger partial charge in [-0.3, -0.25) is 0 Å². The van der Waals surface area contributed by atoms with Gasteiger partial charge in [-0.15, -0.1) is 0 Å². The van der Waals surface area contributed by atoms with Crippen molar-refractivity contribution < 1.29 is 0 Å². The fourth-order valence-corrected chi connectivity index (χ4v) is 3.86. The highest BCUT2D eigenvalue weighted by molar-refractivity contribution is 4.96. The van der Waals surface area contributed by atoms with Crippen LogP contribution in [0.15, 0.2) is 12.4 Å². The molecule has 0 saturated carbocycles. The molecular formula is C22H44N2. The Morgan fingerprint density at radius 1 is 0.583 bits per heavy atom. The molecule has 1 rings (SSSR count). The van der Waals surface area contributed by atoms with E-state index < -0.39 is 0 Å². The number of nitrogens with zero attached hydrogens (tertiary/aromatic N) is 2. The zero-order chi connectivity index (χ0) is 17.5. The first-order chi connectivity index (χ1) is 11.8. The molecule has 1 aliphatic heterocycles. The van der Waals surface area contributed by atoms with Crippen LogP contribution in [-0.2, 0) is 0 Å². The maximum atomic E-state index is 2.54. The molecular weight excluding hydrogens is 292 g/mol. The van der Waals surface area contributed by atoms with Gasteiger partial charge in [-0.2, -0.15) is 0 Å². The van der Waals surface area contributed by atoms with Crippen molar-refractivity contribution in [2.45, 2.75) is 117 Å². The quantitative estimate of drug-likeness (QED) is 0.282. The van der Waals surface area contributed by atoms with Gasteiger partial charge >= 0.3 is 0 Å². The van der Waals surface area contributed by atoms with E-state index in [1.165, 1.54) is 96.4 Å². The summed E-state index contributed by atoms with van der Waals surface area (Å²) in [4.78, 5) is 5.05. The van der Waals surface area contributed by atoms with Crippen molar-refractivity contribution in [1.29, 1.82) is 0 Å². The van der Waals surface area contributed by atoms with E-state index in [2.05, 4.69) is 43.0 Å². The number of unbranched alkanes of at least 4 members (excludes halogenated alkanes) is 11. The predicted molar refractivity (Wildman–Crippen MR) is 108 cm³/mol. The van der Waals surface area contributed by atoms with Crippen LogP contribution in [0.2, 0.25) is 0 Å². The van der Waals surface area contributed by atoms with E-state index in [-0.39, 0.29) is 0 Å². The van der Waals surface area contributed by atoms with E-state index in [0.29, 0.717) is 6.17 Å². The number of rotatable bonds is 16. The molecule has 0 aromatic rings. The lowest BCUT2D eigenvalue weighted by Gasteiger charge is -2.32. The minimum absolute atomic E-state index is 0.637. The van der Waals surface area contributed by atoms with Crippen LogP contribution in [0.5, 0.6) is 0 Å². The highest BCUT2D eigenvalue weighted by Crippen LogP contribution is 2.22. The minimum atomic E-state index is 0.637. The average Bonchev–Trinajstić information content (AvgIpc) is 2.98. The zero-order valence-electron chi connectivity index (χ0n) is 16.9. The molecule has 0 aromatic heterocycles. The largest absolute Gasteiger partial charge is 0.356 e. The molecule has 0 fully saturated rings. The first kappa shape index (κ1) is 21.4. The molecule has 0 bridgehead atoms. The normalized spacial score (nSPS) is 17.2. The van der Waals surface area contributed by atoms with Gasteiger partial charge in [-0.05, 0) is 26.2 Å². The van der Waals surface area contributed by atoms with Crippen molar-refractivity contribution >= 4 is 0 Å². The Balaban J connectivity index is 1.94. The summed E-state index contributed by atoms with van der Waals surface area (Å²) in [7, 11) is 0. The molecule has 0 radical (unpaired) electrons. The van der Waals surface area contributed by atoms with Gasteiger partial charge < -0.3 is 9.80 Å². The van der Waals surface area contributed by atoms with Crippen molar-refractivity contribution in [2.75, 3.05) is 13.1 Å². The van der Waals surface area contributed by atoms with Gasteiger partial charge in [0, 0.05) is 25.5 Å². The maximum Gasteiger partial charge on any atom is 0.101 e. The summed E-state index contributed by atoms with van der Waals surface area (Å²) in [6, 6.07) is 0. The fourth-order valence-electron chi connectivity index (χ4n) is 3.86. The summed E-state index contributed by atoms with van der Waals surface area (Å²) in [5, 5.41) is 0. The summed E-state index contributed by atoms with van der Waals surface area (Å²) < 4.78 is 0. The Hall–Kier alpha value is -0.660. The van der Waals surface area contributed by atoms with Gasteiger partial charge in [0.15, 0.2) is 0 Å². The van der Waals surface area contributed by atoms with Crippen LogP contribution < -0.4 is 0 Å². The minimum Gasteiger partial charge on any atom is -0.356 e. The predicted octanol–water partition coefficient (Wildman–Crippen LogP) is 6.92. The highest BCUT2D eigenvalue weighted by atomic mass is 15.4. The van der Waals surface area contributed by atoms with E-state index in [4.69, 9.17) is 0 Å². The third kappa shape index (κ3) is 8.99. The van der Waals surface area contributed by atoms with Crippen LogP contribution in [0.3, 0.4) is 0 Å². The van der Waals surface area contributed by atoms with Gasteiger partial charge in [0.1, 0.15) is 6.17 Å². The monoisotopic (exact) mass is 336 g/mol. The van der Waals surface area contributed by atoms with Crippen molar-refractivity contribution in [3.63, 3.8) is 0 Å². The molecule has 0 saturated heterocycles. The third-order valence-corrected chi connectivity index (χ3v) is 5.38. The van der Waals surface area contributed by atoms with Gasteiger partial charge in [0.25, 0.3) is 0 Å². The molecule has 0 aromatic carbocycles. The Morgan fingerprint density at radius 3 is 1.58 bits per heavy atom. The van der Waals surface area contributed by atoms with E-state index in [9.17, 15) is 0 Å². The van der Waals surface area contributed by atoms with Gasteiger partial charge in [-0.1, -0.05) is 84.5 Å². The first-order valence-corrected chi connectivity index (χ1v) is 11.0. The second kappa shape index (κ2) is 14.7. The molecule has 0 aliphatic carbocycles. The maximum absolute atomic E-state index is 2.54. The second-order valence-corrected chi connectivity index (χ2v) is 7.52. The van der Waals surface area contributed by atoms with Crippen LogP contribution in [0, 0.1) is 0 Å². The fraction of sp³-hybridized carbons (Fsp3) is 0.909. The molecule has 24 heavy (non-hydrogen) atoms. The highest BCUT2D eigenvalue weighted by Gasteiger charge is 2.23. The molecule has 142 valence electrons. The molecule has 2 heteroatoms. The summed E-state index contributed by atoms with van der Waals surface area (Å²) in [6.45, 7) is 9.19. The molecule has 0 N–H and O–H groups in total. The van der Waals surface area contributed by atoms with Crippen LogP contribution in [-0.4, -0.2) is 29.1 Å². The summed E-state index contributed by atoms with van der Waals surface area (Å²) in [5.74, 6) is 0. The van der Waals surface area contributed by atoms with E-state index in [1.807, 2.05) is 0 Å². The molecule has 0 spiro atoms. The van der Waals surface area contributed by atoms with Crippen LogP contribution in [0.4, 0.5) is 0 Å². The summed E-state index contributed by atoms with van der Waals surface area (Å²) >= 11 is 0. The molecule has 1 aliphatic rings. The zero-order valence-corrected chi connectivity index (χ0v) is 16.9. The van der Waals surface area contributed by atoms with Crippen molar-refractivity contribution in [2.24, 2.45) is 0 Å². The standard InChI is InChI=1S/C22H44N2/c1-4-7-8-9-10-11-12-13-14-15-16-17-18-22-23(6-3)20-21-24(22)19-5-2/h20-22H,4-19H2,1-3H3. The Bertz CT molecular complexity index is 300. The van der Waals surface area contributed by atoms with Crippen LogP contribution in [0.1, 0.15) is 111 Å². The third-order valence-electron chi connectivity index (χ3n) is 5.38. The second-order valence-electron chi connectivity index (χ2n) is 7.52. The smallest absolute Gasteiger partial charge is 0.101 e. The average molecular weight is 337 g/mol. The molecule has 1 heterocycles.